The average Bonchev–Trinajstić information content (AvgIpc) is 2.84. The van der Waals surface area contributed by atoms with Gasteiger partial charge in [0.25, 0.3) is 0 Å². The van der Waals surface area contributed by atoms with Crippen LogP contribution in [0, 0.1) is 17.2 Å². The van der Waals surface area contributed by atoms with Crippen molar-refractivity contribution in [3.05, 3.63) is 33.0 Å². The molecule has 1 aromatic carbocycles. The highest BCUT2D eigenvalue weighted by Gasteiger charge is 2.50. The minimum atomic E-state index is -0.205. The molecule has 2 rings (SSSR count). The summed E-state index contributed by atoms with van der Waals surface area (Å²) >= 11 is 9.28. The quantitative estimate of drug-likeness (QED) is 0.806. The third-order valence-corrected chi connectivity index (χ3v) is 4.87. The SMILES string of the molecule is CNC(c1cc(Cl)c(Br)cc1F)C1CC1(C)C. The smallest absolute Gasteiger partial charge is 0.129 e. The van der Waals surface area contributed by atoms with Crippen molar-refractivity contribution < 1.29 is 4.39 Å². The molecule has 0 saturated heterocycles. The van der Waals surface area contributed by atoms with Gasteiger partial charge in [0.1, 0.15) is 5.82 Å². The summed E-state index contributed by atoms with van der Waals surface area (Å²) in [5, 5.41) is 3.77. The van der Waals surface area contributed by atoms with Gasteiger partial charge in [-0.15, -0.1) is 0 Å². The van der Waals surface area contributed by atoms with Crippen molar-refractivity contribution in [3.8, 4) is 0 Å². The summed E-state index contributed by atoms with van der Waals surface area (Å²) in [4.78, 5) is 0. The lowest BCUT2D eigenvalue weighted by Crippen LogP contribution is -2.21. The summed E-state index contributed by atoms with van der Waals surface area (Å²) in [6, 6.07) is 3.20. The van der Waals surface area contributed by atoms with E-state index in [0.717, 1.165) is 6.42 Å². The summed E-state index contributed by atoms with van der Waals surface area (Å²) < 4.78 is 14.6. The zero-order chi connectivity index (χ0) is 12.8. The minimum absolute atomic E-state index is 0.0376. The van der Waals surface area contributed by atoms with E-state index in [-0.39, 0.29) is 11.9 Å². The van der Waals surface area contributed by atoms with E-state index < -0.39 is 0 Å². The summed E-state index contributed by atoms with van der Waals surface area (Å²) in [7, 11) is 1.87. The fraction of sp³-hybridized carbons (Fsp3) is 0.538. The Kier molecular flexibility index (Phi) is 3.54. The third kappa shape index (κ3) is 2.51. The molecule has 0 aliphatic heterocycles. The van der Waals surface area contributed by atoms with Crippen molar-refractivity contribution in [2.45, 2.75) is 26.3 Å². The van der Waals surface area contributed by atoms with Crippen molar-refractivity contribution in [2.24, 2.45) is 11.3 Å². The Hall–Kier alpha value is -0.120. The van der Waals surface area contributed by atoms with Gasteiger partial charge in [0.05, 0.1) is 5.02 Å². The first-order chi connectivity index (χ1) is 7.86. The van der Waals surface area contributed by atoms with Crippen LogP contribution in [-0.2, 0) is 0 Å². The van der Waals surface area contributed by atoms with E-state index in [1.54, 1.807) is 6.07 Å². The standard InChI is InChI=1S/C13H16BrClFN/c1-13(2)6-8(13)12(17-3)7-4-10(15)9(14)5-11(7)16/h4-5,8,12,17H,6H2,1-3H3. The normalized spacial score (nSPS) is 23.5. The Morgan fingerprint density at radius 3 is 2.59 bits per heavy atom. The van der Waals surface area contributed by atoms with Gasteiger partial charge in [-0.1, -0.05) is 25.4 Å². The molecule has 4 heteroatoms. The van der Waals surface area contributed by atoms with Crippen molar-refractivity contribution in [1.29, 1.82) is 0 Å². The van der Waals surface area contributed by atoms with E-state index in [1.165, 1.54) is 6.07 Å². The second-order valence-corrected chi connectivity index (χ2v) is 6.61. The van der Waals surface area contributed by atoms with Gasteiger partial charge in [-0.25, -0.2) is 4.39 Å². The molecule has 0 aromatic heterocycles. The molecule has 1 aliphatic carbocycles. The van der Waals surface area contributed by atoms with Crippen LogP contribution in [0.25, 0.3) is 0 Å². The summed E-state index contributed by atoms with van der Waals surface area (Å²) in [6.45, 7) is 4.42. The largest absolute Gasteiger partial charge is 0.313 e. The maximum atomic E-state index is 14.0. The Bertz CT molecular complexity index is 447. The molecule has 17 heavy (non-hydrogen) atoms. The van der Waals surface area contributed by atoms with E-state index in [2.05, 4.69) is 35.1 Å². The molecule has 1 N–H and O–H groups in total. The molecule has 1 fully saturated rings. The third-order valence-electron chi connectivity index (χ3n) is 3.68. The highest BCUT2D eigenvalue weighted by molar-refractivity contribution is 9.10. The van der Waals surface area contributed by atoms with Gasteiger partial charge in [-0.3, -0.25) is 0 Å². The van der Waals surface area contributed by atoms with Crippen molar-refractivity contribution in [3.63, 3.8) is 0 Å². The van der Waals surface area contributed by atoms with Gasteiger partial charge in [-0.2, -0.15) is 0 Å². The fourth-order valence-corrected chi connectivity index (χ4v) is 2.91. The second kappa shape index (κ2) is 4.52. The predicted molar refractivity (Wildman–Crippen MR) is 72.8 cm³/mol. The van der Waals surface area contributed by atoms with Crippen LogP contribution >= 0.6 is 27.5 Å². The van der Waals surface area contributed by atoms with E-state index in [4.69, 9.17) is 11.6 Å². The van der Waals surface area contributed by atoms with E-state index in [0.29, 0.717) is 26.4 Å². The number of hydrogen-bond donors (Lipinski definition) is 1. The molecule has 94 valence electrons. The lowest BCUT2D eigenvalue weighted by Gasteiger charge is -2.19. The molecule has 1 saturated carbocycles. The first kappa shape index (κ1) is 13.3. The first-order valence-electron chi connectivity index (χ1n) is 5.68. The molecule has 2 unspecified atom stereocenters. The predicted octanol–water partition coefficient (Wildman–Crippen LogP) is 4.55. The summed E-state index contributed by atoms with van der Waals surface area (Å²) in [5.74, 6) is 0.266. The first-order valence-corrected chi connectivity index (χ1v) is 6.85. The van der Waals surface area contributed by atoms with Crippen molar-refractivity contribution >= 4 is 27.5 Å². The molecule has 0 radical (unpaired) electrons. The summed E-state index contributed by atoms with van der Waals surface area (Å²) in [5.41, 5.74) is 0.955. The number of nitrogens with one attached hydrogen (secondary N) is 1. The molecular weight excluding hydrogens is 305 g/mol. The van der Waals surface area contributed by atoms with E-state index in [9.17, 15) is 4.39 Å². The zero-order valence-corrected chi connectivity index (χ0v) is 12.5. The molecule has 1 nitrogen and oxygen atoms in total. The van der Waals surface area contributed by atoms with Crippen LogP contribution in [-0.4, -0.2) is 7.05 Å². The maximum Gasteiger partial charge on any atom is 0.129 e. The van der Waals surface area contributed by atoms with Crippen LogP contribution in [0.15, 0.2) is 16.6 Å². The van der Waals surface area contributed by atoms with Gasteiger partial charge in [0, 0.05) is 16.1 Å². The highest BCUT2D eigenvalue weighted by Crippen LogP contribution is 2.58. The maximum absolute atomic E-state index is 14.0. The van der Waals surface area contributed by atoms with E-state index >= 15 is 0 Å². The second-order valence-electron chi connectivity index (χ2n) is 5.35. The molecule has 1 aliphatic rings. The fourth-order valence-electron chi connectivity index (χ4n) is 2.43. The Morgan fingerprint density at radius 1 is 1.53 bits per heavy atom. The Balaban J connectivity index is 2.35. The van der Waals surface area contributed by atoms with Crippen LogP contribution < -0.4 is 5.32 Å². The van der Waals surface area contributed by atoms with Crippen molar-refractivity contribution in [2.75, 3.05) is 7.05 Å². The Morgan fingerprint density at radius 2 is 2.12 bits per heavy atom. The van der Waals surface area contributed by atoms with Crippen molar-refractivity contribution in [1.82, 2.24) is 5.32 Å². The van der Waals surface area contributed by atoms with Crippen LogP contribution in [0.5, 0.6) is 0 Å². The van der Waals surface area contributed by atoms with Crippen LogP contribution in [0.2, 0.25) is 5.02 Å². The molecule has 0 amide bonds. The molecule has 1 aromatic rings. The highest BCUT2D eigenvalue weighted by atomic mass is 79.9. The number of hydrogen-bond acceptors (Lipinski definition) is 1. The Labute approximate surface area is 115 Å². The molecular formula is C13H16BrClFN. The molecule has 2 atom stereocenters. The van der Waals surface area contributed by atoms with Crippen LogP contribution in [0.1, 0.15) is 31.9 Å². The van der Waals surface area contributed by atoms with E-state index in [1.807, 2.05) is 7.05 Å². The molecule has 0 spiro atoms. The number of rotatable bonds is 3. The van der Waals surface area contributed by atoms with Gasteiger partial charge < -0.3 is 5.32 Å². The van der Waals surface area contributed by atoms with Crippen LogP contribution in [0.3, 0.4) is 0 Å². The average molecular weight is 321 g/mol. The van der Waals surface area contributed by atoms with Crippen LogP contribution in [0.4, 0.5) is 4.39 Å². The molecule has 0 bridgehead atoms. The minimum Gasteiger partial charge on any atom is -0.313 e. The van der Waals surface area contributed by atoms with Gasteiger partial charge in [0.2, 0.25) is 0 Å². The number of benzene rings is 1. The van der Waals surface area contributed by atoms with Gasteiger partial charge >= 0.3 is 0 Å². The zero-order valence-electron chi connectivity index (χ0n) is 10.2. The number of halogens is 3. The summed E-state index contributed by atoms with van der Waals surface area (Å²) in [6.07, 6.45) is 1.12. The van der Waals surface area contributed by atoms with Gasteiger partial charge in [0.15, 0.2) is 0 Å². The molecule has 0 heterocycles. The topological polar surface area (TPSA) is 12.0 Å². The lowest BCUT2D eigenvalue weighted by molar-refractivity contribution is 0.426. The lowest BCUT2D eigenvalue weighted by atomic mass is 9.97. The van der Waals surface area contributed by atoms with Gasteiger partial charge in [-0.05, 0) is 52.9 Å². The monoisotopic (exact) mass is 319 g/mol.